The van der Waals surface area contributed by atoms with E-state index in [0.717, 1.165) is 42.1 Å². The molecule has 0 atom stereocenters. The zero-order valence-electron chi connectivity index (χ0n) is 19.3. The van der Waals surface area contributed by atoms with Crippen molar-refractivity contribution in [3.8, 4) is 16.9 Å². The molecule has 2 heterocycles. The summed E-state index contributed by atoms with van der Waals surface area (Å²) in [6.07, 6.45) is 7.65. The maximum Gasteiger partial charge on any atom is 0.333 e. The Kier molecular flexibility index (Phi) is 6.57. The molecule has 0 aliphatic heterocycles. The van der Waals surface area contributed by atoms with Crippen LogP contribution in [0.2, 0.25) is 0 Å². The summed E-state index contributed by atoms with van der Waals surface area (Å²) in [4.78, 5) is 12.3. The van der Waals surface area contributed by atoms with E-state index in [2.05, 4.69) is 15.5 Å². The summed E-state index contributed by atoms with van der Waals surface area (Å²) >= 11 is 0. The van der Waals surface area contributed by atoms with E-state index in [4.69, 9.17) is 5.11 Å². The minimum atomic E-state index is -2.70. The van der Waals surface area contributed by atoms with Crippen molar-refractivity contribution in [3.05, 3.63) is 65.9 Å². The summed E-state index contributed by atoms with van der Waals surface area (Å²) in [7, 11) is 0. The third kappa shape index (κ3) is 4.87. The van der Waals surface area contributed by atoms with Crippen LogP contribution in [0.25, 0.3) is 22.0 Å². The SMILES string of the molecule is O=C(NC[C@H]1CC[C@H](n2cc3cc(-c4cnn(C(F)F)c4)ccc3n2)CC1)c1cc(F)c(O)c(F)c1F. The van der Waals surface area contributed by atoms with Crippen molar-refractivity contribution < 1.29 is 31.9 Å². The number of halogens is 5. The number of carbonyl (C=O) groups excluding carboxylic acids is 1. The first-order chi connectivity index (χ1) is 17.7. The predicted molar refractivity (Wildman–Crippen MR) is 124 cm³/mol. The van der Waals surface area contributed by atoms with Gasteiger partial charge < -0.3 is 10.4 Å². The number of nitrogens with one attached hydrogen (secondary N) is 1. The van der Waals surface area contributed by atoms with Crippen LogP contribution in [-0.2, 0) is 0 Å². The lowest BCUT2D eigenvalue weighted by Gasteiger charge is -2.28. The first-order valence-corrected chi connectivity index (χ1v) is 11.7. The average Bonchev–Trinajstić information content (AvgIpc) is 3.56. The van der Waals surface area contributed by atoms with Gasteiger partial charge in [0.05, 0.1) is 23.3 Å². The van der Waals surface area contributed by atoms with Gasteiger partial charge in [-0.15, -0.1) is 0 Å². The molecule has 0 unspecified atom stereocenters. The second kappa shape index (κ2) is 9.83. The molecule has 0 saturated heterocycles. The van der Waals surface area contributed by atoms with Gasteiger partial charge in [-0.2, -0.15) is 23.4 Å². The first kappa shape index (κ1) is 24.7. The number of carbonyl (C=O) groups is 1. The molecule has 4 aromatic rings. The Morgan fingerprint density at radius 2 is 1.81 bits per heavy atom. The first-order valence-electron chi connectivity index (χ1n) is 11.7. The van der Waals surface area contributed by atoms with Gasteiger partial charge in [-0.3, -0.25) is 9.48 Å². The molecule has 5 rings (SSSR count). The van der Waals surface area contributed by atoms with Crippen molar-refractivity contribution in [1.82, 2.24) is 24.9 Å². The number of rotatable bonds is 6. The lowest BCUT2D eigenvalue weighted by atomic mass is 9.86. The normalized spacial score (nSPS) is 18.0. The second-order valence-corrected chi connectivity index (χ2v) is 9.14. The van der Waals surface area contributed by atoms with Crippen LogP contribution < -0.4 is 5.32 Å². The van der Waals surface area contributed by atoms with Crippen molar-refractivity contribution in [3.63, 3.8) is 0 Å². The molecule has 2 aromatic heterocycles. The number of fused-ring (bicyclic) bond motifs is 1. The van der Waals surface area contributed by atoms with Crippen molar-refractivity contribution >= 4 is 16.8 Å². The van der Waals surface area contributed by atoms with E-state index in [9.17, 15) is 26.7 Å². The molecule has 12 heteroatoms. The zero-order chi connectivity index (χ0) is 26.3. The number of amides is 1. The molecule has 1 aliphatic carbocycles. The molecule has 0 bridgehead atoms. The lowest BCUT2D eigenvalue weighted by Crippen LogP contribution is -2.32. The molecular weight excluding hydrogens is 497 g/mol. The summed E-state index contributed by atoms with van der Waals surface area (Å²) in [5.74, 6) is -7.13. The molecule has 1 amide bonds. The number of aromatic nitrogens is 4. The molecule has 0 spiro atoms. The number of hydrogen-bond donors (Lipinski definition) is 2. The number of phenolic OH excluding ortho intramolecular Hbond substituents is 1. The molecule has 37 heavy (non-hydrogen) atoms. The Balaban J connectivity index is 1.19. The Morgan fingerprint density at radius 1 is 1.05 bits per heavy atom. The van der Waals surface area contributed by atoms with Gasteiger partial charge in [0.25, 0.3) is 5.91 Å². The van der Waals surface area contributed by atoms with Crippen LogP contribution in [0.5, 0.6) is 5.75 Å². The van der Waals surface area contributed by atoms with E-state index in [1.54, 1.807) is 6.07 Å². The lowest BCUT2D eigenvalue weighted by molar-refractivity contribution is 0.0566. The fraction of sp³-hybridized carbons (Fsp3) is 0.320. The van der Waals surface area contributed by atoms with Crippen molar-refractivity contribution in [2.45, 2.75) is 38.3 Å². The number of phenols is 1. The quantitative estimate of drug-likeness (QED) is 0.257. The van der Waals surface area contributed by atoms with Crippen molar-refractivity contribution in [1.29, 1.82) is 0 Å². The molecule has 2 N–H and O–H groups in total. The molecule has 1 saturated carbocycles. The largest absolute Gasteiger partial charge is 0.503 e. The van der Waals surface area contributed by atoms with Crippen LogP contribution in [0, 0.1) is 23.4 Å². The van der Waals surface area contributed by atoms with E-state index >= 15 is 0 Å². The number of hydrogen-bond acceptors (Lipinski definition) is 4. The summed E-state index contributed by atoms with van der Waals surface area (Å²) in [6, 6.07) is 6.11. The molecule has 1 fully saturated rings. The third-order valence-corrected chi connectivity index (χ3v) is 6.78. The number of aromatic hydroxyl groups is 1. The van der Waals surface area contributed by atoms with E-state index < -0.39 is 41.2 Å². The van der Waals surface area contributed by atoms with Crippen LogP contribution >= 0.6 is 0 Å². The van der Waals surface area contributed by atoms with Crippen LogP contribution in [0.3, 0.4) is 0 Å². The van der Waals surface area contributed by atoms with Gasteiger partial charge in [0.1, 0.15) is 0 Å². The maximum atomic E-state index is 13.9. The minimum absolute atomic E-state index is 0.0954. The van der Waals surface area contributed by atoms with Crippen LogP contribution in [0.15, 0.2) is 42.9 Å². The summed E-state index contributed by atoms with van der Waals surface area (Å²) in [5.41, 5.74) is 1.30. The third-order valence-electron chi connectivity index (χ3n) is 6.78. The monoisotopic (exact) mass is 519 g/mol. The highest BCUT2D eigenvalue weighted by Crippen LogP contribution is 2.33. The van der Waals surface area contributed by atoms with Crippen LogP contribution in [-0.4, -0.2) is 37.1 Å². The summed E-state index contributed by atoms with van der Waals surface area (Å²) in [6.45, 7) is -2.49. The smallest absolute Gasteiger partial charge is 0.333 e. The minimum Gasteiger partial charge on any atom is -0.503 e. The molecule has 194 valence electrons. The second-order valence-electron chi connectivity index (χ2n) is 9.14. The molecule has 1 aliphatic rings. The van der Waals surface area contributed by atoms with E-state index in [-0.39, 0.29) is 18.5 Å². The van der Waals surface area contributed by atoms with Crippen molar-refractivity contribution in [2.24, 2.45) is 5.92 Å². The number of nitrogens with zero attached hydrogens (tertiary/aromatic N) is 4. The summed E-state index contributed by atoms with van der Waals surface area (Å²) < 4.78 is 69.1. The van der Waals surface area contributed by atoms with Gasteiger partial charge in [0.2, 0.25) is 5.82 Å². The molecular formula is C25H22F5N5O2. The molecule has 2 aromatic carbocycles. The maximum absolute atomic E-state index is 13.9. The Labute approximate surface area is 207 Å². The number of benzene rings is 2. The number of alkyl halides is 2. The van der Waals surface area contributed by atoms with E-state index in [0.29, 0.717) is 16.3 Å². The van der Waals surface area contributed by atoms with Gasteiger partial charge in [0.15, 0.2) is 17.4 Å². The standard InChI is InChI=1S/C25H22F5N5O2/c26-19-8-18(21(27)22(28)23(19)36)24(37)31-9-13-1-4-17(5-2-13)34-11-15-7-14(3-6-20(15)33-34)16-10-32-35(12-16)25(29)30/h3,6-8,10-13,17,25,36H,1-2,4-5,9H2,(H,31,37)/t13-,17-. The van der Waals surface area contributed by atoms with Crippen LogP contribution in [0.4, 0.5) is 22.0 Å². The van der Waals surface area contributed by atoms with Crippen LogP contribution in [0.1, 0.15) is 48.6 Å². The van der Waals surface area contributed by atoms with Gasteiger partial charge in [-0.25, -0.2) is 13.5 Å². The molecule has 0 radical (unpaired) electrons. The Bertz CT molecular complexity index is 1460. The highest BCUT2D eigenvalue weighted by molar-refractivity contribution is 5.94. The Morgan fingerprint density at radius 3 is 2.51 bits per heavy atom. The van der Waals surface area contributed by atoms with Gasteiger partial charge in [-0.05, 0) is 55.4 Å². The van der Waals surface area contributed by atoms with Gasteiger partial charge in [0, 0.05) is 29.9 Å². The highest BCUT2D eigenvalue weighted by Gasteiger charge is 2.26. The zero-order valence-corrected chi connectivity index (χ0v) is 19.3. The molecule has 7 nitrogen and oxygen atoms in total. The highest BCUT2D eigenvalue weighted by atomic mass is 19.3. The average molecular weight is 519 g/mol. The van der Waals surface area contributed by atoms with E-state index in [1.165, 1.54) is 12.4 Å². The van der Waals surface area contributed by atoms with Gasteiger partial charge >= 0.3 is 6.55 Å². The van der Waals surface area contributed by atoms with Crippen molar-refractivity contribution in [2.75, 3.05) is 6.54 Å². The topological polar surface area (TPSA) is 85.0 Å². The Hall–Kier alpha value is -3.96. The summed E-state index contributed by atoms with van der Waals surface area (Å²) in [5, 5.41) is 20.8. The predicted octanol–water partition coefficient (Wildman–Crippen LogP) is 5.58. The van der Waals surface area contributed by atoms with Gasteiger partial charge in [-0.1, -0.05) is 6.07 Å². The fourth-order valence-corrected chi connectivity index (χ4v) is 4.70. The fourth-order valence-electron chi connectivity index (χ4n) is 4.70. The van der Waals surface area contributed by atoms with E-state index in [1.807, 2.05) is 23.0 Å².